The molecule has 2 aromatic carbocycles. The van der Waals surface area contributed by atoms with Crippen molar-refractivity contribution in [3.05, 3.63) is 84.2 Å². The van der Waals surface area contributed by atoms with Gasteiger partial charge in [-0.3, -0.25) is 9.78 Å². The molecule has 104 valence electrons. The summed E-state index contributed by atoms with van der Waals surface area (Å²) in [6.07, 6.45) is 6.65. The number of pyridine rings is 1. The molecule has 0 aliphatic carbocycles. The van der Waals surface area contributed by atoms with Crippen LogP contribution in [0.5, 0.6) is 0 Å². The minimum absolute atomic E-state index is 0. The number of allylic oxidation sites excluding steroid dienone is 1. The van der Waals surface area contributed by atoms with E-state index in [1.165, 1.54) is 10.8 Å². The van der Waals surface area contributed by atoms with Crippen LogP contribution < -0.4 is 0 Å². The molecule has 0 fully saturated rings. The van der Waals surface area contributed by atoms with Crippen molar-refractivity contribution in [3.8, 4) is 0 Å². The second kappa shape index (κ2) is 6.62. The molecule has 0 amide bonds. The Morgan fingerprint density at radius 3 is 2.52 bits per heavy atom. The fourth-order valence-electron chi connectivity index (χ4n) is 2.09. The molecular formula is C19H17NO. The number of hydrogen-bond acceptors (Lipinski definition) is 2. The molecule has 0 atom stereocenters. The van der Waals surface area contributed by atoms with Crippen LogP contribution in [-0.2, 0) is 0 Å². The smallest absolute Gasteiger partial charge is 0.187 e. The van der Waals surface area contributed by atoms with Gasteiger partial charge >= 0.3 is 0 Å². The Labute approximate surface area is 124 Å². The second-order valence-corrected chi connectivity index (χ2v) is 4.55. The molecule has 2 heteroatoms. The average molecular weight is 275 g/mol. The third kappa shape index (κ3) is 3.42. The number of nitrogens with zero attached hydrogens (tertiary/aromatic N) is 1. The van der Waals surface area contributed by atoms with Gasteiger partial charge in [0.15, 0.2) is 5.78 Å². The molecule has 0 saturated carbocycles. The van der Waals surface area contributed by atoms with Crippen molar-refractivity contribution in [2.24, 2.45) is 0 Å². The summed E-state index contributed by atoms with van der Waals surface area (Å²) in [6.45, 7) is 0. The summed E-state index contributed by atoms with van der Waals surface area (Å²) in [6, 6.07) is 17.8. The molecule has 0 bridgehead atoms. The van der Waals surface area contributed by atoms with Gasteiger partial charge in [-0.15, -0.1) is 0 Å². The molecule has 0 radical (unpaired) electrons. The van der Waals surface area contributed by atoms with Gasteiger partial charge in [0.25, 0.3) is 0 Å². The van der Waals surface area contributed by atoms with Crippen LogP contribution in [0.2, 0.25) is 0 Å². The number of ketones is 1. The number of carbonyl (C=O) groups is 1. The van der Waals surface area contributed by atoms with E-state index in [9.17, 15) is 4.79 Å². The number of carbonyl (C=O) groups excluding carboxylic acids is 1. The van der Waals surface area contributed by atoms with E-state index in [-0.39, 0.29) is 13.2 Å². The highest BCUT2D eigenvalue weighted by Gasteiger charge is 2.00. The minimum Gasteiger partial charge on any atom is -0.289 e. The van der Waals surface area contributed by atoms with E-state index in [1.54, 1.807) is 30.6 Å². The third-order valence-corrected chi connectivity index (χ3v) is 3.15. The molecule has 1 aromatic heterocycles. The fourth-order valence-corrected chi connectivity index (χ4v) is 2.09. The fraction of sp³-hybridized carbons (Fsp3) is 0.0526. The van der Waals surface area contributed by atoms with Gasteiger partial charge in [0.1, 0.15) is 0 Å². The molecule has 0 aliphatic heterocycles. The van der Waals surface area contributed by atoms with Gasteiger partial charge in [-0.1, -0.05) is 49.9 Å². The monoisotopic (exact) mass is 275 g/mol. The van der Waals surface area contributed by atoms with Crippen molar-refractivity contribution < 1.29 is 4.79 Å². The Hall–Kier alpha value is -2.74. The van der Waals surface area contributed by atoms with Gasteiger partial charge in [-0.05, 0) is 40.6 Å². The first kappa shape index (κ1) is 14.7. The number of rotatable bonds is 3. The maximum atomic E-state index is 12.0. The van der Waals surface area contributed by atoms with E-state index >= 15 is 0 Å². The van der Waals surface area contributed by atoms with Crippen molar-refractivity contribution in [2.75, 3.05) is 0 Å². The zero-order valence-corrected chi connectivity index (χ0v) is 10.9. The van der Waals surface area contributed by atoms with Crippen LogP contribution in [0.4, 0.5) is 0 Å². The van der Waals surface area contributed by atoms with Crippen molar-refractivity contribution >= 4 is 22.6 Å². The number of hydrogen-bond donors (Lipinski definition) is 0. The average Bonchev–Trinajstić information content (AvgIpc) is 2.53. The molecule has 0 unspecified atom stereocenters. The number of aromatic nitrogens is 1. The van der Waals surface area contributed by atoms with E-state index in [2.05, 4.69) is 29.2 Å². The lowest BCUT2D eigenvalue weighted by atomic mass is 10.1. The van der Waals surface area contributed by atoms with Gasteiger partial charge in [0.2, 0.25) is 0 Å². The largest absolute Gasteiger partial charge is 0.289 e. The lowest BCUT2D eigenvalue weighted by Crippen LogP contribution is -1.93. The summed E-state index contributed by atoms with van der Waals surface area (Å²) in [7, 11) is 0. The first-order valence-corrected chi connectivity index (χ1v) is 6.44. The third-order valence-electron chi connectivity index (χ3n) is 3.15. The summed E-state index contributed by atoms with van der Waals surface area (Å²) < 4.78 is 0. The van der Waals surface area contributed by atoms with E-state index < -0.39 is 0 Å². The topological polar surface area (TPSA) is 30.0 Å². The molecule has 21 heavy (non-hydrogen) atoms. The van der Waals surface area contributed by atoms with Crippen molar-refractivity contribution in [2.45, 2.75) is 7.43 Å². The van der Waals surface area contributed by atoms with Crippen molar-refractivity contribution in [3.63, 3.8) is 0 Å². The molecular weight excluding hydrogens is 258 g/mol. The molecule has 3 aromatic rings. The van der Waals surface area contributed by atoms with Crippen LogP contribution >= 0.6 is 0 Å². The van der Waals surface area contributed by atoms with E-state index in [1.807, 2.05) is 24.3 Å². The van der Waals surface area contributed by atoms with E-state index in [4.69, 9.17) is 0 Å². The Morgan fingerprint density at radius 1 is 0.952 bits per heavy atom. The standard InChI is InChI=1S/C18H13NO.CH4/c20-18(17-6-3-11-19-13-17)10-8-14-7-9-15-4-1-2-5-16(15)12-14;/h1-13H;1H4/b10-8+;. The van der Waals surface area contributed by atoms with Gasteiger partial charge in [-0.25, -0.2) is 0 Å². The van der Waals surface area contributed by atoms with Gasteiger partial charge in [0, 0.05) is 18.0 Å². The van der Waals surface area contributed by atoms with Crippen LogP contribution in [0.3, 0.4) is 0 Å². The molecule has 0 N–H and O–H groups in total. The van der Waals surface area contributed by atoms with Crippen LogP contribution in [-0.4, -0.2) is 10.8 Å². The predicted molar refractivity (Wildman–Crippen MR) is 88.3 cm³/mol. The van der Waals surface area contributed by atoms with Crippen LogP contribution in [0, 0.1) is 0 Å². The van der Waals surface area contributed by atoms with Gasteiger partial charge in [-0.2, -0.15) is 0 Å². The predicted octanol–water partition coefficient (Wildman–Crippen LogP) is 4.77. The van der Waals surface area contributed by atoms with Crippen LogP contribution in [0.1, 0.15) is 23.3 Å². The van der Waals surface area contributed by atoms with Gasteiger partial charge < -0.3 is 0 Å². The highest BCUT2D eigenvalue weighted by Crippen LogP contribution is 2.16. The maximum Gasteiger partial charge on any atom is 0.187 e. The molecule has 2 nitrogen and oxygen atoms in total. The summed E-state index contributed by atoms with van der Waals surface area (Å²) in [4.78, 5) is 15.9. The first-order chi connectivity index (χ1) is 9.83. The summed E-state index contributed by atoms with van der Waals surface area (Å²) in [5, 5.41) is 2.37. The van der Waals surface area contributed by atoms with Crippen molar-refractivity contribution in [1.82, 2.24) is 4.98 Å². The molecule has 0 spiro atoms. The highest BCUT2D eigenvalue weighted by molar-refractivity contribution is 6.06. The number of fused-ring (bicyclic) bond motifs is 1. The highest BCUT2D eigenvalue weighted by atomic mass is 16.1. The van der Waals surface area contributed by atoms with Crippen LogP contribution in [0.15, 0.2) is 73.1 Å². The Morgan fingerprint density at radius 2 is 1.76 bits per heavy atom. The Bertz CT molecular complexity index is 776. The van der Waals surface area contributed by atoms with Gasteiger partial charge in [0.05, 0.1) is 0 Å². The normalized spacial score (nSPS) is 10.5. The molecule has 1 heterocycles. The van der Waals surface area contributed by atoms with E-state index in [0.717, 1.165) is 5.56 Å². The minimum atomic E-state index is -0.0359. The molecule has 0 saturated heterocycles. The maximum absolute atomic E-state index is 12.0. The molecule has 3 rings (SSSR count). The summed E-state index contributed by atoms with van der Waals surface area (Å²) in [5.41, 5.74) is 1.62. The van der Waals surface area contributed by atoms with Crippen molar-refractivity contribution in [1.29, 1.82) is 0 Å². The summed E-state index contributed by atoms with van der Waals surface area (Å²) >= 11 is 0. The second-order valence-electron chi connectivity index (χ2n) is 4.55. The van der Waals surface area contributed by atoms with Crippen LogP contribution in [0.25, 0.3) is 16.8 Å². The first-order valence-electron chi connectivity index (χ1n) is 6.44. The quantitative estimate of drug-likeness (QED) is 0.509. The zero-order valence-electron chi connectivity index (χ0n) is 10.9. The lowest BCUT2D eigenvalue weighted by Gasteiger charge is -1.99. The SMILES string of the molecule is C.O=C(/C=C/c1ccc2ccccc2c1)c1cccnc1. The lowest BCUT2D eigenvalue weighted by molar-refractivity contribution is 0.104. The van der Waals surface area contributed by atoms with E-state index in [0.29, 0.717) is 5.56 Å². The molecule has 0 aliphatic rings. The summed E-state index contributed by atoms with van der Waals surface area (Å²) in [5.74, 6) is -0.0359. The number of benzene rings is 2. The Balaban J connectivity index is 0.00000161. The zero-order chi connectivity index (χ0) is 13.8. The Kier molecular flexibility index (Phi) is 4.62.